The van der Waals surface area contributed by atoms with Crippen molar-refractivity contribution in [3.05, 3.63) is 89.4 Å². The molecule has 0 atom stereocenters. The van der Waals surface area contributed by atoms with Crippen LogP contribution in [-0.2, 0) is 12.3 Å². The molecule has 33 heavy (non-hydrogen) atoms. The predicted molar refractivity (Wildman–Crippen MR) is 131 cm³/mol. The number of aromatic nitrogens is 3. The Kier molecular flexibility index (Phi) is 7.40. The molecule has 0 saturated heterocycles. The maximum atomic E-state index is 13.3. The maximum absolute atomic E-state index is 13.3. The number of fused-ring (bicyclic) bond motifs is 1. The summed E-state index contributed by atoms with van der Waals surface area (Å²) in [5.74, 6) is 0.982. The summed E-state index contributed by atoms with van der Waals surface area (Å²) >= 11 is 1.62. The molecule has 0 aliphatic carbocycles. The molecule has 7 heteroatoms. The van der Waals surface area contributed by atoms with E-state index in [4.69, 9.17) is 4.98 Å². The number of thioether (sulfide) groups is 1. The van der Waals surface area contributed by atoms with Crippen LogP contribution in [0.5, 0.6) is 0 Å². The molecule has 2 aromatic heterocycles. The third kappa shape index (κ3) is 5.99. The van der Waals surface area contributed by atoms with E-state index in [1.165, 1.54) is 12.1 Å². The van der Waals surface area contributed by atoms with Gasteiger partial charge in [-0.25, -0.2) is 14.4 Å². The number of nitrogens with zero attached hydrogens (tertiary/aromatic N) is 3. The number of carbonyl (C=O) groups is 1. The Bertz CT molecular complexity index is 1220. The maximum Gasteiger partial charge on any atom is 0.251 e. The first kappa shape index (κ1) is 23.0. The zero-order chi connectivity index (χ0) is 23.2. The first-order valence-corrected chi connectivity index (χ1v) is 12.0. The van der Waals surface area contributed by atoms with Crippen LogP contribution in [0.2, 0.25) is 0 Å². The molecule has 0 aliphatic rings. The van der Waals surface area contributed by atoms with Crippen molar-refractivity contribution >= 4 is 28.8 Å². The number of benzene rings is 2. The Hall–Kier alpha value is -3.19. The third-order valence-electron chi connectivity index (χ3n) is 5.31. The van der Waals surface area contributed by atoms with Crippen LogP contribution in [0.25, 0.3) is 11.2 Å². The topological polar surface area (TPSA) is 59.8 Å². The SMILES string of the molecule is CC(C)CCNC(=O)c1ccc(CSc2nc3cccnc3n2Cc2ccc(F)cc2)cc1. The molecule has 4 aromatic rings. The van der Waals surface area contributed by atoms with Crippen LogP contribution in [0.4, 0.5) is 4.39 Å². The number of rotatable bonds is 9. The highest BCUT2D eigenvalue weighted by Crippen LogP contribution is 2.27. The number of hydrogen-bond acceptors (Lipinski definition) is 4. The lowest BCUT2D eigenvalue weighted by atomic mass is 10.1. The van der Waals surface area contributed by atoms with E-state index in [0.29, 0.717) is 30.3 Å². The summed E-state index contributed by atoms with van der Waals surface area (Å²) in [6.07, 6.45) is 2.72. The lowest BCUT2D eigenvalue weighted by Gasteiger charge is -2.09. The Balaban J connectivity index is 1.45. The minimum absolute atomic E-state index is 0.0398. The predicted octanol–water partition coefficient (Wildman–Crippen LogP) is 5.69. The molecular weight excluding hydrogens is 435 g/mol. The molecule has 0 spiro atoms. The number of hydrogen-bond donors (Lipinski definition) is 1. The molecular formula is C26H27FN4OS. The number of imidazole rings is 1. The van der Waals surface area contributed by atoms with E-state index in [9.17, 15) is 9.18 Å². The highest BCUT2D eigenvalue weighted by atomic mass is 32.2. The van der Waals surface area contributed by atoms with Crippen LogP contribution in [0.3, 0.4) is 0 Å². The molecule has 1 N–H and O–H groups in total. The summed E-state index contributed by atoms with van der Waals surface area (Å²) in [6.45, 7) is 5.53. The fraction of sp³-hybridized carbons (Fsp3) is 0.269. The number of halogens is 1. The van der Waals surface area contributed by atoms with Crippen molar-refractivity contribution in [1.29, 1.82) is 0 Å². The van der Waals surface area contributed by atoms with E-state index in [0.717, 1.165) is 33.9 Å². The molecule has 0 radical (unpaired) electrons. The second kappa shape index (κ2) is 10.6. The van der Waals surface area contributed by atoms with Gasteiger partial charge in [-0.3, -0.25) is 9.36 Å². The summed E-state index contributed by atoms with van der Waals surface area (Å²) < 4.78 is 15.4. The van der Waals surface area contributed by atoms with Crippen molar-refractivity contribution in [1.82, 2.24) is 19.9 Å². The Labute approximate surface area is 197 Å². The first-order chi connectivity index (χ1) is 16.0. The molecule has 0 aliphatic heterocycles. The number of nitrogens with one attached hydrogen (secondary N) is 1. The summed E-state index contributed by atoms with van der Waals surface area (Å²) in [5, 5.41) is 3.82. The van der Waals surface area contributed by atoms with Crippen LogP contribution >= 0.6 is 11.8 Å². The molecule has 1 amide bonds. The van der Waals surface area contributed by atoms with Crippen LogP contribution in [-0.4, -0.2) is 27.0 Å². The minimum atomic E-state index is -0.251. The van der Waals surface area contributed by atoms with Gasteiger partial charge in [-0.05, 0) is 59.9 Å². The number of carbonyl (C=O) groups excluding carboxylic acids is 1. The van der Waals surface area contributed by atoms with Gasteiger partial charge >= 0.3 is 0 Å². The van der Waals surface area contributed by atoms with E-state index >= 15 is 0 Å². The Morgan fingerprint density at radius 2 is 1.79 bits per heavy atom. The number of amides is 1. The lowest BCUT2D eigenvalue weighted by Crippen LogP contribution is -2.25. The smallest absolute Gasteiger partial charge is 0.251 e. The van der Waals surface area contributed by atoms with Gasteiger partial charge in [0.1, 0.15) is 11.3 Å². The molecule has 170 valence electrons. The van der Waals surface area contributed by atoms with Crippen molar-refractivity contribution in [2.75, 3.05) is 6.54 Å². The quantitative estimate of drug-likeness (QED) is 0.325. The second-order valence-corrected chi connectivity index (χ2v) is 9.32. The van der Waals surface area contributed by atoms with E-state index < -0.39 is 0 Å². The van der Waals surface area contributed by atoms with E-state index in [2.05, 4.69) is 28.7 Å². The summed E-state index contributed by atoms with van der Waals surface area (Å²) in [4.78, 5) is 21.6. The zero-order valence-corrected chi connectivity index (χ0v) is 19.6. The van der Waals surface area contributed by atoms with Crippen molar-refractivity contribution in [2.24, 2.45) is 5.92 Å². The van der Waals surface area contributed by atoms with Crippen molar-refractivity contribution in [3.63, 3.8) is 0 Å². The van der Waals surface area contributed by atoms with Gasteiger partial charge in [-0.15, -0.1) is 0 Å². The van der Waals surface area contributed by atoms with Crippen LogP contribution in [0, 0.1) is 11.7 Å². The van der Waals surface area contributed by atoms with Gasteiger partial charge in [0, 0.05) is 24.1 Å². The average Bonchev–Trinajstić information content (AvgIpc) is 3.16. The molecule has 4 rings (SSSR count). The summed E-state index contributed by atoms with van der Waals surface area (Å²) in [5.41, 5.74) is 4.39. The minimum Gasteiger partial charge on any atom is -0.352 e. The number of pyridine rings is 1. The van der Waals surface area contributed by atoms with Gasteiger partial charge in [0.15, 0.2) is 10.8 Å². The zero-order valence-electron chi connectivity index (χ0n) is 18.8. The highest BCUT2D eigenvalue weighted by Gasteiger charge is 2.13. The van der Waals surface area contributed by atoms with Crippen molar-refractivity contribution in [2.45, 2.75) is 37.7 Å². The van der Waals surface area contributed by atoms with Gasteiger partial charge in [0.2, 0.25) is 0 Å². The van der Waals surface area contributed by atoms with Crippen LogP contribution < -0.4 is 5.32 Å². The van der Waals surface area contributed by atoms with Crippen LogP contribution in [0.1, 0.15) is 41.8 Å². The van der Waals surface area contributed by atoms with Gasteiger partial charge in [-0.2, -0.15) is 0 Å². The largest absolute Gasteiger partial charge is 0.352 e. The second-order valence-electron chi connectivity index (χ2n) is 8.38. The lowest BCUT2D eigenvalue weighted by molar-refractivity contribution is 0.0952. The highest BCUT2D eigenvalue weighted by molar-refractivity contribution is 7.98. The average molecular weight is 463 g/mol. The van der Waals surface area contributed by atoms with Gasteiger partial charge in [-0.1, -0.05) is 49.9 Å². The molecule has 0 unspecified atom stereocenters. The molecule has 2 heterocycles. The molecule has 0 fully saturated rings. The molecule has 2 aromatic carbocycles. The van der Waals surface area contributed by atoms with Gasteiger partial charge < -0.3 is 5.32 Å². The normalized spacial score (nSPS) is 11.3. The van der Waals surface area contributed by atoms with E-state index in [-0.39, 0.29) is 11.7 Å². The Morgan fingerprint density at radius 1 is 1.06 bits per heavy atom. The van der Waals surface area contributed by atoms with Gasteiger partial charge in [0.25, 0.3) is 5.91 Å². The van der Waals surface area contributed by atoms with Crippen molar-refractivity contribution < 1.29 is 9.18 Å². The first-order valence-electron chi connectivity index (χ1n) is 11.1. The van der Waals surface area contributed by atoms with E-state index in [1.54, 1.807) is 30.1 Å². The molecule has 0 bridgehead atoms. The molecule has 0 saturated carbocycles. The molecule has 5 nitrogen and oxygen atoms in total. The summed E-state index contributed by atoms with van der Waals surface area (Å²) in [7, 11) is 0. The monoisotopic (exact) mass is 462 g/mol. The third-order valence-corrected chi connectivity index (χ3v) is 6.36. The van der Waals surface area contributed by atoms with Crippen molar-refractivity contribution in [3.8, 4) is 0 Å². The van der Waals surface area contributed by atoms with Gasteiger partial charge in [0.05, 0.1) is 6.54 Å². The fourth-order valence-electron chi connectivity index (χ4n) is 3.44. The van der Waals surface area contributed by atoms with Crippen LogP contribution in [0.15, 0.2) is 72.0 Å². The Morgan fingerprint density at radius 3 is 2.52 bits per heavy atom. The van der Waals surface area contributed by atoms with E-state index in [1.807, 2.05) is 36.4 Å². The standard InChI is InChI=1S/C26H27FN4OS/c1-18(2)13-15-29-25(32)21-9-5-20(6-10-21)17-33-26-30-23-4-3-14-28-24(23)31(26)16-19-7-11-22(27)12-8-19/h3-12,14,18H,13,15-17H2,1-2H3,(H,29,32). The fourth-order valence-corrected chi connectivity index (χ4v) is 4.40. The summed E-state index contributed by atoms with van der Waals surface area (Å²) in [6, 6.07) is 18.0.